The first-order valence-corrected chi connectivity index (χ1v) is 5.82. The molecular formula is C13H22N2. The molecule has 0 aromatic carbocycles. The van der Waals surface area contributed by atoms with E-state index in [1.54, 1.807) is 0 Å². The summed E-state index contributed by atoms with van der Waals surface area (Å²) in [5, 5.41) is 3.55. The first-order chi connectivity index (χ1) is 7.15. The van der Waals surface area contributed by atoms with Gasteiger partial charge >= 0.3 is 0 Å². The fourth-order valence-electron chi connectivity index (χ4n) is 1.72. The zero-order valence-electron chi connectivity index (χ0n) is 10.2. The van der Waals surface area contributed by atoms with E-state index in [1.807, 2.05) is 13.0 Å². The highest BCUT2D eigenvalue weighted by Gasteiger charge is 2.15. The van der Waals surface area contributed by atoms with Crippen molar-refractivity contribution in [3.63, 3.8) is 0 Å². The molecule has 0 saturated heterocycles. The standard InChI is InChI=1S/C13H22N2/c1-5-9-14-13(10(2)3)12-8-6-7-11(4)15-12/h6-8,10,13-14H,5,9H2,1-4H3. The number of pyridine rings is 1. The lowest BCUT2D eigenvalue weighted by atomic mass is 10.00. The Labute approximate surface area is 93.1 Å². The molecule has 0 aliphatic rings. The van der Waals surface area contributed by atoms with Crippen molar-refractivity contribution in [1.29, 1.82) is 0 Å². The van der Waals surface area contributed by atoms with Gasteiger partial charge in [-0.05, 0) is 37.9 Å². The number of aromatic nitrogens is 1. The molecule has 0 aliphatic carbocycles. The van der Waals surface area contributed by atoms with Gasteiger partial charge in [0, 0.05) is 5.69 Å². The van der Waals surface area contributed by atoms with Crippen molar-refractivity contribution in [1.82, 2.24) is 10.3 Å². The Morgan fingerprint density at radius 1 is 1.33 bits per heavy atom. The van der Waals surface area contributed by atoms with E-state index in [4.69, 9.17) is 0 Å². The Morgan fingerprint density at radius 3 is 2.60 bits per heavy atom. The molecule has 0 radical (unpaired) electrons. The van der Waals surface area contributed by atoms with Gasteiger partial charge in [0.1, 0.15) is 0 Å². The molecule has 1 rings (SSSR count). The number of aryl methyl sites for hydroxylation is 1. The van der Waals surface area contributed by atoms with Crippen LogP contribution in [0.15, 0.2) is 18.2 Å². The molecule has 0 fully saturated rings. The van der Waals surface area contributed by atoms with Crippen LogP contribution in [-0.4, -0.2) is 11.5 Å². The van der Waals surface area contributed by atoms with Crippen LogP contribution >= 0.6 is 0 Å². The van der Waals surface area contributed by atoms with E-state index in [1.165, 1.54) is 5.69 Å². The van der Waals surface area contributed by atoms with Gasteiger partial charge in [0.2, 0.25) is 0 Å². The van der Waals surface area contributed by atoms with E-state index in [0.717, 1.165) is 18.7 Å². The van der Waals surface area contributed by atoms with Gasteiger partial charge in [0.15, 0.2) is 0 Å². The van der Waals surface area contributed by atoms with E-state index in [0.29, 0.717) is 12.0 Å². The van der Waals surface area contributed by atoms with Gasteiger partial charge in [-0.25, -0.2) is 0 Å². The average molecular weight is 206 g/mol. The highest BCUT2D eigenvalue weighted by atomic mass is 14.9. The summed E-state index contributed by atoms with van der Waals surface area (Å²) in [6.45, 7) is 9.75. The average Bonchev–Trinajstić information content (AvgIpc) is 2.18. The summed E-state index contributed by atoms with van der Waals surface area (Å²) < 4.78 is 0. The van der Waals surface area contributed by atoms with Crippen molar-refractivity contribution in [3.8, 4) is 0 Å². The minimum absolute atomic E-state index is 0.379. The number of hydrogen-bond donors (Lipinski definition) is 1. The van der Waals surface area contributed by atoms with Gasteiger partial charge < -0.3 is 5.32 Å². The quantitative estimate of drug-likeness (QED) is 0.800. The summed E-state index contributed by atoms with van der Waals surface area (Å²) in [4.78, 5) is 4.59. The molecule has 15 heavy (non-hydrogen) atoms. The molecular weight excluding hydrogens is 184 g/mol. The van der Waals surface area contributed by atoms with Crippen LogP contribution in [0.2, 0.25) is 0 Å². The maximum Gasteiger partial charge on any atom is 0.0578 e. The normalized spacial score (nSPS) is 13.1. The van der Waals surface area contributed by atoms with Crippen LogP contribution < -0.4 is 5.32 Å². The lowest BCUT2D eigenvalue weighted by Gasteiger charge is -2.22. The smallest absolute Gasteiger partial charge is 0.0578 e. The fourth-order valence-corrected chi connectivity index (χ4v) is 1.72. The van der Waals surface area contributed by atoms with Crippen molar-refractivity contribution >= 4 is 0 Å². The van der Waals surface area contributed by atoms with Crippen molar-refractivity contribution in [2.45, 2.75) is 40.2 Å². The molecule has 0 spiro atoms. The van der Waals surface area contributed by atoms with Crippen LogP contribution in [0.4, 0.5) is 0 Å². The van der Waals surface area contributed by atoms with Gasteiger partial charge in [-0.2, -0.15) is 0 Å². The van der Waals surface area contributed by atoms with Crippen LogP contribution in [0.5, 0.6) is 0 Å². The maximum atomic E-state index is 4.59. The van der Waals surface area contributed by atoms with Crippen LogP contribution in [0.1, 0.15) is 44.6 Å². The first-order valence-electron chi connectivity index (χ1n) is 5.82. The van der Waals surface area contributed by atoms with Gasteiger partial charge in [0.25, 0.3) is 0 Å². The van der Waals surface area contributed by atoms with Crippen molar-refractivity contribution in [2.75, 3.05) is 6.54 Å². The predicted molar refractivity (Wildman–Crippen MR) is 64.8 cm³/mol. The van der Waals surface area contributed by atoms with E-state index >= 15 is 0 Å². The Hall–Kier alpha value is -0.890. The Kier molecular flexibility index (Phi) is 4.76. The highest BCUT2D eigenvalue weighted by Crippen LogP contribution is 2.19. The fraction of sp³-hybridized carbons (Fsp3) is 0.615. The highest BCUT2D eigenvalue weighted by molar-refractivity contribution is 5.14. The summed E-state index contributed by atoms with van der Waals surface area (Å²) in [5.41, 5.74) is 2.26. The predicted octanol–water partition coefficient (Wildman–Crippen LogP) is 3.09. The molecule has 0 aliphatic heterocycles. The third-order valence-electron chi connectivity index (χ3n) is 2.51. The van der Waals surface area contributed by atoms with Gasteiger partial charge in [0.05, 0.1) is 11.7 Å². The second kappa shape index (κ2) is 5.86. The topological polar surface area (TPSA) is 24.9 Å². The summed E-state index contributed by atoms with van der Waals surface area (Å²) in [6, 6.07) is 6.62. The summed E-state index contributed by atoms with van der Waals surface area (Å²) >= 11 is 0. The minimum Gasteiger partial charge on any atom is -0.308 e. The van der Waals surface area contributed by atoms with Crippen molar-refractivity contribution in [3.05, 3.63) is 29.6 Å². The molecule has 0 bridgehead atoms. The van der Waals surface area contributed by atoms with Gasteiger partial charge in [-0.1, -0.05) is 26.8 Å². The van der Waals surface area contributed by atoms with Crippen molar-refractivity contribution in [2.24, 2.45) is 5.92 Å². The molecule has 1 aromatic rings. The second-order valence-corrected chi connectivity index (χ2v) is 4.38. The zero-order chi connectivity index (χ0) is 11.3. The third kappa shape index (κ3) is 3.63. The van der Waals surface area contributed by atoms with Crippen LogP contribution in [0.25, 0.3) is 0 Å². The molecule has 84 valence electrons. The first kappa shape index (κ1) is 12.2. The van der Waals surface area contributed by atoms with Crippen LogP contribution in [-0.2, 0) is 0 Å². The molecule has 0 saturated carbocycles. The van der Waals surface area contributed by atoms with E-state index in [-0.39, 0.29) is 0 Å². The summed E-state index contributed by atoms with van der Waals surface area (Å²) in [7, 11) is 0. The van der Waals surface area contributed by atoms with Crippen molar-refractivity contribution < 1.29 is 0 Å². The number of nitrogens with zero attached hydrogens (tertiary/aromatic N) is 1. The second-order valence-electron chi connectivity index (χ2n) is 4.38. The lowest BCUT2D eigenvalue weighted by Crippen LogP contribution is -2.27. The number of nitrogens with one attached hydrogen (secondary N) is 1. The number of hydrogen-bond acceptors (Lipinski definition) is 2. The maximum absolute atomic E-state index is 4.59. The minimum atomic E-state index is 0.379. The SMILES string of the molecule is CCCNC(c1cccc(C)n1)C(C)C. The molecule has 1 aromatic heterocycles. The summed E-state index contributed by atoms with van der Waals surface area (Å²) in [6.07, 6.45) is 1.16. The zero-order valence-corrected chi connectivity index (χ0v) is 10.2. The lowest BCUT2D eigenvalue weighted by molar-refractivity contribution is 0.404. The summed E-state index contributed by atoms with van der Waals surface area (Å²) in [5.74, 6) is 0.575. The molecule has 1 atom stereocenters. The largest absolute Gasteiger partial charge is 0.308 e. The molecule has 1 unspecified atom stereocenters. The van der Waals surface area contributed by atoms with E-state index in [9.17, 15) is 0 Å². The Balaban J connectivity index is 2.79. The Bertz CT molecular complexity index is 294. The van der Waals surface area contributed by atoms with E-state index < -0.39 is 0 Å². The monoisotopic (exact) mass is 206 g/mol. The number of rotatable bonds is 5. The molecule has 2 heteroatoms. The van der Waals surface area contributed by atoms with E-state index in [2.05, 4.69) is 43.2 Å². The van der Waals surface area contributed by atoms with Gasteiger partial charge in [-0.15, -0.1) is 0 Å². The Morgan fingerprint density at radius 2 is 2.07 bits per heavy atom. The molecule has 0 amide bonds. The van der Waals surface area contributed by atoms with Gasteiger partial charge in [-0.3, -0.25) is 4.98 Å². The molecule has 1 N–H and O–H groups in total. The third-order valence-corrected chi connectivity index (χ3v) is 2.51. The van der Waals surface area contributed by atoms with Crippen LogP contribution in [0.3, 0.4) is 0 Å². The molecule has 2 nitrogen and oxygen atoms in total. The van der Waals surface area contributed by atoms with Crippen LogP contribution in [0, 0.1) is 12.8 Å². The molecule has 1 heterocycles.